The third-order valence-corrected chi connectivity index (χ3v) is 7.19. The van der Waals surface area contributed by atoms with E-state index in [0.717, 1.165) is 38.8 Å². The predicted molar refractivity (Wildman–Crippen MR) is 89.7 cm³/mol. The van der Waals surface area contributed by atoms with E-state index in [1.165, 1.54) is 25.7 Å². The van der Waals surface area contributed by atoms with Crippen LogP contribution in [0.4, 0.5) is 0 Å². The first-order valence-electron chi connectivity index (χ1n) is 9.48. The molecule has 3 rings (SSSR count). The van der Waals surface area contributed by atoms with Crippen LogP contribution in [0.25, 0.3) is 0 Å². The molecule has 128 valence electrons. The average molecular weight is 309 g/mol. The van der Waals surface area contributed by atoms with Gasteiger partial charge in [0, 0.05) is 18.0 Å². The number of hydrogen-bond donors (Lipinski definition) is 2. The third kappa shape index (κ3) is 2.97. The van der Waals surface area contributed by atoms with Crippen molar-refractivity contribution >= 4 is 0 Å². The molecule has 0 radical (unpaired) electrons. The van der Waals surface area contributed by atoms with Crippen LogP contribution in [-0.4, -0.2) is 45.4 Å². The molecule has 1 heterocycles. The highest BCUT2D eigenvalue weighted by molar-refractivity contribution is 5.03. The molecule has 0 aromatic rings. The van der Waals surface area contributed by atoms with Crippen molar-refractivity contribution in [3.63, 3.8) is 0 Å². The zero-order chi connectivity index (χ0) is 16.0. The number of rotatable bonds is 2. The van der Waals surface area contributed by atoms with Crippen molar-refractivity contribution in [2.75, 3.05) is 13.1 Å². The standard InChI is InChI=1S/C19H35NO2/c1-14-7-8-16(17(21)12-14)18(2,3)20-11-9-15-6-4-5-10-19(15,22)13-20/h14-17,21-22H,4-13H2,1-3H3/t14-,15-,16-,17-,19+/m1/s1. The highest BCUT2D eigenvalue weighted by atomic mass is 16.3. The maximum Gasteiger partial charge on any atom is 0.0802 e. The molecule has 0 bridgehead atoms. The fraction of sp³-hybridized carbons (Fsp3) is 1.00. The van der Waals surface area contributed by atoms with Crippen LogP contribution in [0.5, 0.6) is 0 Å². The van der Waals surface area contributed by atoms with Crippen LogP contribution in [0.15, 0.2) is 0 Å². The van der Waals surface area contributed by atoms with Crippen molar-refractivity contribution in [2.24, 2.45) is 17.8 Å². The number of likely N-dealkylation sites (tertiary alicyclic amines) is 1. The second kappa shape index (κ2) is 6.07. The van der Waals surface area contributed by atoms with Crippen LogP contribution >= 0.6 is 0 Å². The summed E-state index contributed by atoms with van der Waals surface area (Å²) in [4.78, 5) is 2.50. The SMILES string of the molecule is C[C@@H]1CC[C@@H](C(C)(C)N2CC[C@H]3CCCC[C@]3(O)C2)[C@H](O)C1. The van der Waals surface area contributed by atoms with Crippen LogP contribution in [-0.2, 0) is 0 Å². The van der Waals surface area contributed by atoms with Gasteiger partial charge in [-0.25, -0.2) is 0 Å². The van der Waals surface area contributed by atoms with Gasteiger partial charge < -0.3 is 10.2 Å². The Morgan fingerprint density at radius 3 is 2.59 bits per heavy atom. The van der Waals surface area contributed by atoms with E-state index in [0.29, 0.717) is 17.8 Å². The van der Waals surface area contributed by atoms with E-state index in [2.05, 4.69) is 25.7 Å². The number of fused-ring (bicyclic) bond motifs is 1. The monoisotopic (exact) mass is 309 g/mol. The van der Waals surface area contributed by atoms with Crippen molar-refractivity contribution in [1.29, 1.82) is 0 Å². The number of nitrogens with zero attached hydrogens (tertiary/aromatic N) is 1. The Bertz CT molecular complexity index is 397. The van der Waals surface area contributed by atoms with Gasteiger partial charge in [-0.15, -0.1) is 0 Å². The smallest absolute Gasteiger partial charge is 0.0802 e. The summed E-state index contributed by atoms with van der Waals surface area (Å²) in [5.41, 5.74) is -0.488. The van der Waals surface area contributed by atoms with Gasteiger partial charge in [0.1, 0.15) is 0 Å². The Morgan fingerprint density at radius 2 is 1.86 bits per heavy atom. The molecule has 0 aromatic heterocycles. The highest BCUT2D eigenvalue weighted by Crippen LogP contribution is 2.45. The maximum absolute atomic E-state index is 11.1. The number of hydrogen-bond acceptors (Lipinski definition) is 3. The molecular weight excluding hydrogens is 274 g/mol. The highest BCUT2D eigenvalue weighted by Gasteiger charge is 2.49. The van der Waals surface area contributed by atoms with Gasteiger partial charge in [-0.1, -0.05) is 26.2 Å². The lowest BCUT2D eigenvalue weighted by Gasteiger charge is -2.55. The minimum atomic E-state index is -0.472. The fourth-order valence-corrected chi connectivity index (χ4v) is 5.54. The normalized spacial score (nSPS) is 44.6. The zero-order valence-electron chi connectivity index (χ0n) is 14.7. The van der Waals surface area contributed by atoms with Crippen molar-refractivity contribution < 1.29 is 10.2 Å². The van der Waals surface area contributed by atoms with Gasteiger partial charge >= 0.3 is 0 Å². The van der Waals surface area contributed by atoms with E-state index < -0.39 is 5.60 Å². The second-order valence-electron chi connectivity index (χ2n) is 9.00. The third-order valence-electron chi connectivity index (χ3n) is 7.19. The molecule has 3 heteroatoms. The van der Waals surface area contributed by atoms with Gasteiger partial charge in [0.25, 0.3) is 0 Å². The van der Waals surface area contributed by atoms with Crippen LogP contribution in [0.3, 0.4) is 0 Å². The Morgan fingerprint density at radius 1 is 1.09 bits per heavy atom. The van der Waals surface area contributed by atoms with E-state index in [4.69, 9.17) is 0 Å². The largest absolute Gasteiger partial charge is 0.393 e. The molecule has 1 aliphatic heterocycles. The number of aliphatic hydroxyl groups is 2. The molecule has 0 unspecified atom stereocenters. The predicted octanol–water partition coefficient (Wildman–Crippen LogP) is 3.19. The summed E-state index contributed by atoms with van der Waals surface area (Å²) < 4.78 is 0. The molecule has 3 aliphatic rings. The lowest BCUT2D eigenvalue weighted by atomic mass is 9.67. The first-order chi connectivity index (χ1) is 10.3. The van der Waals surface area contributed by atoms with Crippen LogP contribution in [0.2, 0.25) is 0 Å². The number of β-amino-alcohol motifs (C(OH)–C–C–N with tert-alkyl or cyclic N) is 1. The van der Waals surface area contributed by atoms with Crippen LogP contribution in [0.1, 0.15) is 72.1 Å². The van der Waals surface area contributed by atoms with E-state index in [1.54, 1.807) is 0 Å². The average Bonchev–Trinajstić information content (AvgIpc) is 2.45. The summed E-state index contributed by atoms with van der Waals surface area (Å²) >= 11 is 0. The Balaban J connectivity index is 1.72. The molecule has 0 spiro atoms. The molecule has 0 aromatic carbocycles. The minimum Gasteiger partial charge on any atom is -0.393 e. The van der Waals surface area contributed by atoms with Crippen LogP contribution < -0.4 is 0 Å². The fourth-order valence-electron chi connectivity index (χ4n) is 5.54. The molecular formula is C19H35NO2. The van der Waals surface area contributed by atoms with Crippen molar-refractivity contribution in [3.8, 4) is 0 Å². The van der Waals surface area contributed by atoms with Gasteiger partial charge in [-0.2, -0.15) is 0 Å². The molecule has 1 saturated heterocycles. The number of piperidine rings is 1. The van der Waals surface area contributed by atoms with E-state index in [9.17, 15) is 10.2 Å². The van der Waals surface area contributed by atoms with Gasteiger partial charge in [0.15, 0.2) is 0 Å². The Labute approximate surface area is 136 Å². The maximum atomic E-state index is 11.1. The molecule has 2 aliphatic carbocycles. The molecule has 22 heavy (non-hydrogen) atoms. The van der Waals surface area contributed by atoms with Gasteiger partial charge in [-0.3, -0.25) is 4.90 Å². The first kappa shape index (κ1) is 16.7. The lowest BCUT2D eigenvalue weighted by Crippen LogP contribution is -2.63. The van der Waals surface area contributed by atoms with Crippen molar-refractivity contribution in [2.45, 2.75) is 89.4 Å². The lowest BCUT2D eigenvalue weighted by molar-refractivity contribution is -0.140. The zero-order valence-corrected chi connectivity index (χ0v) is 14.7. The van der Waals surface area contributed by atoms with Crippen LogP contribution in [0, 0.1) is 17.8 Å². The summed E-state index contributed by atoms with van der Waals surface area (Å²) in [6.07, 6.45) is 8.86. The topological polar surface area (TPSA) is 43.7 Å². The molecule has 0 amide bonds. The van der Waals surface area contributed by atoms with E-state index in [1.807, 2.05) is 0 Å². The summed E-state index contributed by atoms with van der Waals surface area (Å²) in [5, 5.41) is 21.7. The molecule has 5 atom stereocenters. The summed E-state index contributed by atoms with van der Waals surface area (Å²) in [5.74, 6) is 1.49. The second-order valence-corrected chi connectivity index (χ2v) is 9.00. The molecule has 2 saturated carbocycles. The van der Waals surface area contributed by atoms with Crippen molar-refractivity contribution in [1.82, 2.24) is 4.90 Å². The van der Waals surface area contributed by atoms with E-state index in [-0.39, 0.29) is 11.6 Å². The summed E-state index contributed by atoms with van der Waals surface area (Å²) in [7, 11) is 0. The summed E-state index contributed by atoms with van der Waals surface area (Å²) in [6.45, 7) is 8.73. The quantitative estimate of drug-likeness (QED) is 0.823. The Kier molecular flexibility index (Phi) is 4.61. The summed E-state index contributed by atoms with van der Waals surface area (Å²) in [6, 6.07) is 0. The minimum absolute atomic E-state index is 0.0162. The first-order valence-corrected chi connectivity index (χ1v) is 9.48. The molecule has 2 N–H and O–H groups in total. The van der Waals surface area contributed by atoms with Gasteiger partial charge in [-0.05, 0) is 64.3 Å². The Hall–Kier alpha value is -0.120. The van der Waals surface area contributed by atoms with Gasteiger partial charge in [0.05, 0.1) is 11.7 Å². The molecule has 3 fully saturated rings. The van der Waals surface area contributed by atoms with Crippen molar-refractivity contribution in [3.05, 3.63) is 0 Å². The van der Waals surface area contributed by atoms with E-state index >= 15 is 0 Å². The van der Waals surface area contributed by atoms with Gasteiger partial charge in [0.2, 0.25) is 0 Å². The molecule has 3 nitrogen and oxygen atoms in total. The number of aliphatic hydroxyl groups excluding tert-OH is 1.